The van der Waals surface area contributed by atoms with Gasteiger partial charge >= 0.3 is 0 Å². The summed E-state index contributed by atoms with van der Waals surface area (Å²) in [7, 11) is 0. The first-order valence-electron chi connectivity index (χ1n) is 9.46. The van der Waals surface area contributed by atoms with E-state index >= 15 is 0 Å². The average Bonchev–Trinajstić information content (AvgIpc) is 3.29. The Morgan fingerprint density at radius 2 is 1.90 bits per heavy atom. The molecule has 0 radical (unpaired) electrons. The molecule has 30 heavy (non-hydrogen) atoms. The summed E-state index contributed by atoms with van der Waals surface area (Å²) in [5, 5.41) is 16.0. The van der Waals surface area contributed by atoms with Crippen LogP contribution in [0.25, 0.3) is 0 Å². The van der Waals surface area contributed by atoms with Crippen molar-refractivity contribution in [2.24, 2.45) is 5.10 Å². The maximum atomic E-state index is 11.0. The molecule has 1 aromatic heterocycles. The number of hydrogen-bond donors (Lipinski definition) is 0. The highest BCUT2D eigenvalue weighted by Crippen LogP contribution is 2.37. The quantitative estimate of drug-likeness (QED) is 0.362. The van der Waals surface area contributed by atoms with Crippen molar-refractivity contribution < 1.29 is 14.4 Å². The van der Waals surface area contributed by atoms with Crippen LogP contribution >= 0.6 is 12.4 Å². The Balaban J connectivity index is 0.00000218. The van der Waals surface area contributed by atoms with Crippen LogP contribution in [0.3, 0.4) is 0 Å². The summed E-state index contributed by atoms with van der Waals surface area (Å²) >= 11 is 0. The number of non-ortho nitro benzene ring substituents is 1. The Labute approximate surface area is 178 Å². The van der Waals surface area contributed by atoms with Crippen LogP contribution in [0.1, 0.15) is 41.6 Å². The molecule has 5 rings (SSSR count). The van der Waals surface area contributed by atoms with E-state index in [-0.39, 0.29) is 24.9 Å². The van der Waals surface area contributed by atoms with Crippen molar-refractivity contribution in [3.8, 4) is 11.5 Å². The molecule has 0 amide bonds. The molecule has 9 heteroatoms. The van der Waals surface area contributed by atoms with Gasteiger partial charge in [-0.3, -0.25) is 10.1 Å². The van der Waals surface area contributed by atoms with Crippen molar-refractivity contribution in [2.45, 2.75) is 26.2 Å². The summed E-state index contributed by atoms with van der Waals surface area (Å²) in [6, 6.07) is 10.4. The molecular weight excluding hydrogens is 408 g/mol. The number of aryl methyl sites for hydroxylation is 1. The predicted molar refractivity (Wildman–Crippen MR) is 113 cm³/mol. The van der Waals surface area contributed by atoms with E-state index in [1.54, 1.807) is 12.1 Å². The lowest BCUT2D eigenvalue weighted by Crippen LogP contribution is -2.08. The lowest BCUT2D eigenvalue weighted by molar-refractivity contribution is -0.384. The molecule has 2 aliphatic heterocycles. The molecule has 0 unspecified atom stereocenters. The first kappa shape index (κ1) is 19.9. The molecule has 0 spiro atoms. The molecule has 0 atom stereocenters. The van der Waals surface area contributed by atoms with E-state index < -0.39 is 4.92 Å². The van der Waals surface area contributed by atoms with Crippen molar-refractivity contribution in [1.29, 1.82) is 0 Å². The number of benzene rings is 2. The molecule has 0 bridgehead atoms. The van der Waals surface area contributed by atoms with Gasteiger partial charge in [-0.15, -0.1) is 12.4 Å². The fourth-order valence-electron chi connectivity index (χ4n) is 3.72. The maximum Gasteiger partial charge on any atom is 0.269 e. The van der Waals surface area contributed by atoms with E-state index in [0.717, 1.165) is 46.8 Å². The van der Waals surface area contributed by atoms with Gasteiger partial charge in [0, 0.05) is 29.7 Å². The Morgan fingerprint density at radius 1 is 1.17 bits per heavy atom. The molecule has 0 fully saturated rings. The number of halogens is 1. The van der Waals surface area contributed by atoms with Crippen molar-refractivity contribution in [2.75, 3.05) is 6.79 Å². The van der Waals surface area contributed by atoms with Gasteiger partial charge < -0.3 is 9.47 Å². The summed E-state index contributed by atoms with van der Waals surface area (Å²) in [4.78, 5) is 15.2. The highest BCUT2D eigenvalue weighted by molar-refractivity contribution is 6.14. The second kappa shape index (κ2) is 7.79. The van der Waals surface area contributed by atoms with Crippen LogP contribution in [0.2, 0.25) is 0 Å². The molecule has 8 nitrogen and oxygen atoms in total. The second-order valence-corrected chi connectivity index (χ2v) is 7.02. The van der Waals surface area contributed by atoms with E-state index in [1.807, 2.05) is 23.0 Å². The molecule has 0 N–H and O–H groups in total. The minimum atomic E-state index is -0.405. The zero-order valence-corrected chi connectivity index (χ0v) is 17.0. The molecule has 2 aromatic carbocycles. The fraction of sp³-hybridized carbons (Fsp3) is 0.238. The predicted octanol–water partition coefficient (Wildman–Crippen LogP) is 4.10. The Hall–Kier alpha value is -3.39. The molecule has 2 aliphatic rings. The van der Waals surface area contributed by atoms with Crippen molar-refractivity contribution in [3.63, 3.8) is 0 Å². The van der Waals surface area contributed by atoms with Gasteiger partial charge in [0.25, 0.3) is 5.69 Å². The number of aromatic nitrogens is 2. The average molecular weight is 427 g/mol. The summed E-state index contributed by atoms with van der Waals surface area (Å²) in [5.74, 6) is 2.23. The van der Waals surface area contributed by atoms with Gasteiger partial charge in [-0.2, -0.15) is 5.10 Å². The van der Waals surface area contributed by atoms with Crippen molar-refractivity contribution in [3.05, 3.63) is 80.9 Å². The topological polar surface area (TPSA) is 91.8 Å². The van der Waals surface area contributed by atoms with E-state index in [2.05, 4.69) is 11.9 Å². The third kappa shape index (κ3) is 3.29. The molecule has 0 aliphatic carbocycles. The van der Waals surface area contributed by atoms with Crippen LogP contribution in [0.4, 0.5) is 5.69 Å². The number of hydrogen-bond acceptors (Lipinski definition) is 6. The smallest absolute Gasteiger partial charge is 0.269 e. The minimum Gasteiger partial charge on any atom is -0.454 e. The first-order chi connectivity index (χ1) is 14.1. The monoisotopic (exact) mass is 426 g/mol. The van der Waals surface area contributed by atoms with Gasteiger partial charge in [0.05, 0.1) is 22.5 Å². The number of imidazole rings is 1. The van der Waals surface area contributed by atoms with Crippen molar-refractivity contribution in [1.82, 2.24) is 9.66 Å². The Morgan fingerprint density at radius 3 is 2.60 bits per heavy atom. The van der Waals surface area contributed by atoms with E-state index in [4.69, 9.17) is 14.6 Å². The standard InChI is InChI=1S/C21H18N4O4.ClH/c1-2-3-16-11-22-20-9-14-8-18-19(29-12-28-18)10-17(14)21(23-24(16)20)13-4-6-15(7-5-13)25(26)27;/h4-8,10-11H,2-3,9,12H2,1H3;1H. The molecule has 154 valence electrons. The number of nitrogens with zero attached hydrogens (tertiary/aromatic N) is 4. The van der Waals surface area contributed by atoms with Gasteiger partial charge in [-0.05, 0) is 36.2 Å². The van der Waals surface area contributed by atoms with Crippen LogP contribution in [0.5, 0.6) is 11.5 Å². The summed E-state index contributed by atoms with van der Waals surface area (Å²) in [5.41, 5.74) is 4.54. The van der Waals surface area contributed by atoms with E-state index in [9.17, 15) is 10.1 Å². The fourth-order valence-corrected chi connectivity index (χ4v) is 3.72. The van der Waals surface area contributed by atoms with Gasteiger partial charge in [0.2, 0.25) is 6.79 Å². The lowest BCUT2D eigenvalue weighted by atomic mass is 9.95. The zero-order chi connectivity index (χ0) is 20.0. The first-order valence-corrected chi connectivity index (χ1v) is 9.46. The van der Waals surface area contributed by atoms with Crippen LogP contribution in [-0.4, -0.2) is 27.1 Å². The minimum absolute atomic E-state index is 0. The number of nitro groups is 1. The summed E-state index contributed by atoms with van der Waals surface area (Å²) in [6.07, 6.45) is 4.32. The number of rotatable bonds is 4. The van der Waals surface area contributed by atoms with Gasteiger partial charge in [0.1, 0.15) is 5.82 Å². The highest BCUT2D eigenvalue weighted by Gasteiger charge is 2.25. The molecule has 3 aromatic rings. The van der Waals surface area contributed by atoms with Gasteiger partial charge in [0.15, 0.2) is 11.5 Å². The van der Waals surface area contributed by atoms with Crippen LogP contribution in [-0.2, 0) is 12.8 Å². The van der Waals surface area contributed by atoms with Gasteiger partial charge in [-0.1, -0.05) is 13.3 Å². The lowest BCUT2D eigenvalue weighted by Gasteiger charge is -2.11. The third-order valence-electron chi connectivity index (χ3n) is 5.14. The largest absolute Gasteiger partial charge is 0.454 e. The maximum absolute atomic E-state index is 11.0. The number of fused-ring (bicyclic) bond motifs is 3. The second-order valence-electron chi connectivity index (χ2n) is 7.02. The third-order valence-corrected chi connectivity index (χ3v) is 5.14. The zero-order valence-electron chi connectivity index (χ0n) is 16.2. The normalized spacial score (nSPS) is 13.6. The Bertz CT molecular complexity index is 1150. The molecule has 3 heterocycles. The molecule has 0 saturated heterocycles. The van der Waals surface area contributed by atoms with E-state index in [0.29, 0.717) is 17.9 Å². The molecule has 0 saturated carbocycles. The van der Waals surface area contributed by atoms with Crippen LogP contribution in [0.15, 0.2) is 47.7 Å². The van der Waals surface area contributed by atoms with E-state index in [1.165, 1.54) is 12.1 Å². The van der Waals surface area contributed by atoms with Crippen LogP contribution in [0, 0.1) is 10.1 Å². The SMILES string of the molecule is CCCc1cnc2n1N=C(c1ccc([N+](=O)[O-])cc1)c1cc3c(cc1C2)OCO3.Cl. The van der Waals surface area contributed by atoms with Gasteiger partial charge in [-0.25, -0.2) is 9.66 Å². The number of ether oxygens (including phenoxy) is 2. The van der Waals surface area contributed by atoms with Crippen LogP contribution < -0.4 is 9.47 Å². The summed E-state index contributed by atoms with van der Waals surface area (Å²) < 4.78 is 13.0. The Kier molecular flexibility index (Phi) is 5.17. The van der Waals surface area contributed by atoms with Crippen molar-refractivity contribution >= 4 is 23.8 Å². The number of nitro benzene ring substituents is 1. The highest BCUT2D eigenvalue weighted by atomic mass is 35.5. The molecular formula is C21H19ClN4O4. The summed E-state index contributed by atoms with van der Waals surface area (Å²) in [6.45, 7) is 2.31.